The fourth-order valence-electron chi connectivity index (χ4n) is 3.59. The summed E-state index contributed by atoms with van der Waals surface area (Å²) in [7, 11) is 4.58. The van der Waals surface area contributed by atoms with Gasteiger partial charge in [-0.05, 0) is 36.2 Å². The number of carbonyl (C=O) groups excluding carboxylic acids is 2. The van der Waals surface area contributed by atoms with E-state index in [1.165, 1.54) is 32.7 Å². The Morgan fingerprint density at radius 1 is 1.09 bits per heavy atom. The summed E-state index contributed by atoms with van der Waals surface area (Å²) >= 11 is 1.35. The number of aromatic nitrogens is 1. The van der Waals surface area contributed by atoms with Gasteiger partial charge < -0.3 is 19.1 Å². The van der Waals surface area contributed by atoms with Crippen molar-refractivity contribution in [2.75, 3.05) is 44.7 Å². The number of hydrogen-bond acceptors (Lipinski definition) is 7. The van der Waals surface area contributed by atoms with Gasteiger partial charge in [-0.25, -0.2) is 4.98 Å². The number of hydrogen-bond donors (Lipinski definition) is 1. The van der Waals surface area contributed by atoms with Crippen molar-refractivity contribution in [3.05, 3.63) is 52.9 Å². The summed E-state index contributed by atoms with van der Waals surface area (Å²) in [4.78, 5) is 31.2. The van der Waals surface area contributed by atoms with Crippen LogP contribution in [0.3, 0.4) is 0 Å². The van der Waals surface area contributed by atoms with Gasteiger partial charge in [-0.1, -0.05) is 6.07 Å². The molecule has 0 unspecified atom stereocenters. The first-order valence-corrected chi connectivity index (χ1v) is 10.8. The number of nitrogens with one attached hydrogen (secondary N) is 1. The van der Waals surface area contributed by atoms with Crippen molar-refractivity contribution in [3.8, 4) is 22.8 Å². The summed E-state index contributed by atoms with van der Waals surface area (Å²) in [6.07, 6.45) is 0.782. The van der Waals surface area contributed by atoms with Crippen LogP contribution in [0.5, 0.6) is 11.5 Å². The van der Waals surface area contributed by atoms with E-state index in [1.54, 1.807) is 23.1 Å². The molecule has 1 aliphatic rings. The van der Waals surface area contributed by atoms with Crippen LogP contribution >= 0.6 is 11.3 Å². The normalized spacial score (nSPS) is 12.4. The van der Waals surface area contributed by atoms with Crippen LogP contribution in [0.25, 0.3) is 11.3 Å². The molecular weight excluding hydrogens is 430 g/mol. The van der Waals surface area contributed by atoms with Gasteiger partial charge in [-0.15, -0.1) is 11.3 Å². The van der Waals surface area contributed by atoms with Gasteiger partial charge in [0.25, 0.3) is 11.8 Å². The molecular formula is C23H23N3O5S. The Labute approximate surface area is 189 Å². The molecule has 0 spiro atoms. The number of benzene rings is 2. The Morgan fingerprint density at radius 2 is 1.84 bits per heavy atom. The maximum absolute atomic E-state index is 12.7. The Balaban J connectivity index is 1.50. The van der Waals surface area contributed by atoms with Crippen LogP contribution in [0.4, 0.5) is 10.8 Å². The van der Waals surface area contributed by atoms with Crippen molar-refractivity contribution in [3.63, 3.8) is 0 Å². The molecule has 8 nitrogen and oxygen atoms in total. The zero-order valence-corrected chi connectivity index (χ0v) is 18.8. The predicted octanol–water partition coefficient (Wildman–Crippen LogP) is 3.62. The van der Waals surface area contributed by atoms with E-state index in [-0.39, 0.29) is 18.4 Å². The molecule has 0 fully saturated rings. The highest BCUT2D eigenvalue weighted by Crippen LogP contribution is 2.34. The van der Waals surface area contributed by atoms with Gasteiger partial charge in [0.15, 0.2) is 5.13 Å². The molecule has 2 amide bonds. The van der Waals surface area contributed by atoms with Crippen LogP contribution in [0.2, 0.25) is 0 Å². The summed E-state index contributed by atoms with van der Waals surface area (Å²) in [5.41, 5.74) is 4.11. The highest BCUT2D eigenvalue weighted by atomic mass is 32.1. The van der Waals surface area contributed by atoms with E-state index in [0.717, 1.165) is 28.9 Å². The second kappa shape index (κ2) is 9.37. The first-order valence-electron chi connectivity index (χ1n) is 9.95. The maximum atomic E-state index is 12.7. The van der Waals surface area contributed by atoms with Crippen LogP contribution < -0.4 is 19.7 Å². The number of anilines is 2. The lowest BCUT2D eigenvalue weighted by molar-refractivity contribution is -0.122. The Kier molecular flexibility index (Phi) is 6.38. The van der Waals surface area contributed by atoms with Gasteiger partial charge in [-0.2, -0.15) is 0 Å². The van der Waals surface area contributed by atoms with Crippen LogP contribution in [0, 0.1) is 0 Å². The van der Waals surface area contributed by atoms with Crippen molar-refractivity contribution < 1.29 is 23.8 Å². The number of carbonyl (C=O) groups is 2. The predicted molar refractivity (Wildman–Crippen MR) is 123 cm³/mol. The standard InChI is InChI=1S/C23H23N3O5S/c1-29-12-21(27)26-7-6-15-8-14(4-5-20(15)26)19-13-32-23(24-19)25-22(28)16-9-17(30-2)11-18(10-16)31-3/h4-5,8-11,13H,6-7,12H2,1-3H3,(H,24,25,28). The fourth-order valence-corrected chi connectivity index (χ4v) is 4.31. The number of amides is 2. The molecule has 0 aliphatic carbocycles. The first kappa shape index (κ1) is 21.8. The number of fused-ring (bicyclic) bond motifs is 1. The number of thiazole rings is 1. The first-order chi connectivity index (χ1) is 15.5. The van der Waals surface area contributed by atoms with Gasteiger partial charge in [-0.3, -0.25) is 14.9 Å². The van der Waals surface area contributed by atoms with Crippen molar-refractivity contribution in [1.82, 2.24) is 4.98 Å². The summed E-state index contributed by atoms with van der Waals surface area (Å²) in [5.74, 6) is 0.715. The molecule has 0 saturated heterocycles. The topological polar surface area (TPSA) is 90.0 Å². The molecule has 3 aromatic rings. The van der Waals surface area contributed by atoms with Crippen molar-refractivity contribution in [2.45, 2.75) is 6.42 Å². The van der Waals surface area contributed by atoms with E-state index >= 15 is 0 Å². The molecule has 1 N–H and O–H groups in total. The number of rotatable bonds is 7. The average molecular weight is 454 g/mol. The molecule has 9 heteroatoms. The molecule has 2 aromatic carbocycles. The van der Waals surface area contributed by atoms with Crippen LogP contribution in [0.15, 0.2) is 41.8 Å². The maximum Gasteiger partial charge on any atom is 0.257 e. The van der Waals surface area contributed by atoms with Gasteiger partial charge >= 0.3 is 0 Å². The lowest BCUT2D eigenvalue weighted by Gasteiger charge is -2.16. The van der Waals surface area contributed by atoms with E-state index in [2.05, 4.69) is 10.3 Å². The number of ether oxygens (including phenoxy) is 3. The summed E-state index contributed by atoms with van der Waals surface area (Å²) < 4.78 is 15.4. The molecule has 1 aromatic heterocycles. The minimum atomic E-state index is -0.302. The Hall–Kier alpha value is -3.43. The average Bonchev–Trinajstić information content (AvgIpc) is 3.45. The molecule has 2 heterocycles. The number of methoxy groups -OCH3 is 3. The van der Waals surface area contributed by atoms with Gasteiger partial charge in [0.05, 0.1) is 19.9 Å². The van der Waals surface area contributed by atoms with Crippen LogP contribution in [-0.2, 0) is 16.0 Å². The molecule has 166 valence electrons. The Bertz CT molecular complexity index is 1140. The molecule has 4 rings (SSSR count). The third kappa shape index (κ3) is 4.44. The van der Waals surface area contributed by atoms with E-state index in [9.17, 15) is 9.59 Å². The van der Waals surface area contributed by atoms with Crippen LogP contribution in [-0.4, -0.2) is 51.3 Å². The monoisotopic (exact) mass is 453 g/mol. The minimum absolute atomic E-state index is 0.0492. The lowest BCUT2D eigenvalue weighted by atomic mass is 10.1. The third-order valence-electron chi connectivity index (χ3n) is 5.18. The summed E-state index contributed by atoms with van der Waals surface area (Å²) in [6, 6.07) is 10.9. The molecule has 0 saturated carbocycles. The van der Waals surface area contributed by atoms with E-state index < -0.39 is 0 Å². The van der Waals surface area contributed by atoms with E-state index in [1.807, 2.05) is 23.6 Å². The van der Waals surface area contributed by atoms with Gasteiger partial charge in [0, 0.05) is 41.9 Å². The minimum Gasteiger partial charge on any atom is -0.497 e. The van der Waals surface area contributed by atoms with Crippen LogP contribution in [0.1, 0.15) is 15.9 Å². The quantitative estimate of drug-likeness (QED) is 0.588. The van der Waals surface area contributed by atoms with E-state index in [4.69, 9.17) is 14.2 Å². The summed E-state index contributed by atoms with van der Waals surface area (Å²) in [6.45, 7) is 0.707. The second-order valence-electron chi connectivity index (χ2n) is 7.17. The fraction of sp³-hybridized carbons (Fsp3) is 0.261. The summed E-state index contributed by atoms with van der Waals surface area (Å²) in [5, 5.41) is 5.22. The molecule has 0 radical (unpaired) electrons. The zero-order valence-electron chi connectivity index (χ0n) is 18.0. The molecule has 1 aliphatic heterocycles. The smallest absolute Gasteiger partial charge is 0.257 e. The molecule has 32 heavy (non-hydrogen) atoms. The SMILES string of the molecule is COCC(=O)N1CCc2cc(-c3csc(NC(=O)c4cc(OC)cc(OC)c4)n3)ccc21. The molecule has 0 bridgehead atoms. The van der Waals surface area contributed by atoms with Crippen molar-refractivity contribution in [1.29, 1.82) is 0 Å². The Morgan fingerprint density at radius 3 is 2.53 bits per heavy atom. The van der Waals surface area contributed by atoms with E-state index in [0.29, 0.717) is 28.7 Å². The second-order valence-corrected chi connectivity index (χ2v) is 8.02. The molecule has 0 atom stereocenters. The largest absolute Gasteiger partial charge is 0.497 e. The van der Waals surface area contributed by atoms with Gasteiger partial charge in [0.2, 0.25) is 0 Å². The van der Waals surface area contributed by atoms with Crippen molar-refractivity contribution in [2.24, 2.45) is 0 Å². The third-order valence-corrected chi connectivity index (χ3v) is 5.94. The number of nitrogens with zero attached hydrogens (tertiary/aromatic N) is 2. The van der Waals surface area contributed by atoms with Gasteiger partial charge in [0.1, 0.15) is 18.1 Å². The lowest BCUT2D eigenvalue weighted by Crippen LogP contribution is -2.31. The highest BCUT2D eigenvalue weighted by molar-refractivity contribution is 7.14. The van der Waals surface area contributed by atoms with Crippen molar-refractivity contribution >= 4 is 34.0 Å². The highest BCUT2D eigenvalue weighted by Gasteiger charge is 2.25. The zero-order chi connectivity index (χ0) is 22.7.